The number of amides is 1. The minimum atomic E-state index is -1.82. The van der Waals surface area contributed by atoms with Crippen molar-refractivity contribution in [2.24, 2.45) is 0 Å². The van der Waals surface area contributed by atoms with Gasteiger partial charge in [-0.2, -0.15) is 0 Å². The Labute approximate surface area is 157 Å². The van der Waals surface area contributed by atoms with Crippen LogP contribution in [0.15, 0.2) is 30.3 Å². The number of aliphatic carboxylic acids is 1. The zero-order chi connectivity index (χ0) is 20.0. The lowest BCUT2D eigenvalue weighted by molar-refractivity contribution is -0.143. The molecule has 0 aliphatic heterocycles. The number of hydrogen-bond donors (Lipinski definition) is 2. The molecule has 2 atom stereocenters. The molecule has 1 aromatic carbocycles. The van der Waals surface area contributed by atoms with E-state index in [-0.39, 0.29) is 11.5 Å². The molecule has 1 amide bonds. The van der Waals surface area contributed by atoms with Crippen LogP contribution in [-0.2, 0) is 14.3 Å². The number of carboxylic acid groups (broad SMARTS) is 1. The van der Waals surface area contributed by atoms with E-state index < -0.39 is 32.1 Å². The van der Waals surface area contributed by atoms with Gasteiger partial charge in [-0.25, -0.2) is 4.79 Å². The molecule has 1 aromatic rings. The van der Waals surface area contributed by atoms with Gasteiger partial charge in [0.15, 0.2) is 6.10 Å². The molecular formula is C20H29NO4Si. The minimum absolute atomic E-state index is 0.0683. The highest BCUT2D eigenvalue weighted by Crippen LogP contribution is 2.35. The van der Waals surface area contributed by atoms with Crippen molar-refractivity contribution < 1.29 is 19.4 Å². The van der Waals surface area contributed by atoms with E-state index in [9.17, 15) is 14.7 Å². The second-order valence-corrected chi connectivity index (χ2v) is 12.8. The van der Waals surface area contributed by atoms with Crippen LogP contribution in [0.3, 0.4) is 0 Å². The number of carbonyl (C=O) groups excluding carboxylic acids is 1. The molecular weight excluding hydrogens is 346 g/mol. The maximum Gasteiger partial charge on any atom is 0.327 e. The van der Waals surface area contributed by atoms with E-state index in [0.29, 0.717) is 5.56 Å². The molecule has 0 saturated heterocycles. The number of hydrogen-bond acceptors (Lipinski definition) is 3. The van der Waals surface area contributed by atoms with Gasteiger partial charge in [0.2, 0.25) is 0 Å². The number of carboxylic acids is 1. The van der Waals surface area contributed by atoms with Crippen LogP contribution < -0.4 is 5.32 Å². The molecule has 0 heterocycles. The smallest absolute Gasteiger partial charge is 0.327 e. The highest BCUT2D eigenvalue weighted by molar-refractivity contribution is 6.87. The van der Waals surface area contributed by atoms with E-state index in [1.54, 1.807) is 24.3 Å². The Morgan fingerprint density at radius 3 is 2.27 bits per heavy atom. The predicted molar refractivity (Wildman–Crippen MR) is 105 cm³/mol. The molecule has 0 aliphatic carbocycles. The predicted octanol–water partition coefficient (Wildman–Crippen LogP) is 3.38. The summed E-state index contributed by atoms with van der Waals surface area (Å²) in [6, 6.07) is 7.90. The topological polar surface area (TPSA) is 75.6 Å². The van der Waals surface area contributed by atoms with Gasteiger partial charge < -0.3 is 15.2 Å². The number of methoxy groups -OCH3 is 1. The Morgan fingerprint density at radius 1 is 1.23 bits per heavy atom. The summed E-state index contributed by atoms with van der Waals surface area (Å²) in [5.74, 6) is 1.40. The molecule has 0 spiro atoms. The maximum atomic E-state index is 12.5. The molecule has 1 rings (SSSR count). The standard InChI is InChI=1S/C20H29NO4Si/c1-20(2,3)26(5,6)14-10-13-16(19(23)24)21-18(22)17(25-4)15-11-8-7-9-12-15/h7-9,11-12,16-17H,13H2,1-6H3,(H,21,22)(H,23,24)/t16-,17+/m1/s1. The van der Waals surface area contributed by atoms with E-state index in [1.165, 1.54) is 7.11 Å². The van der Waals surface area contributed by atoms with Crippen molar-refractivity contribution in [2.45, 2.75) is 57.5 Å². The summed E-state index contributed by atoms with van der Waals surface area (Å²) < 4.78 is 5.25. The van der Waals surface area contributed by atoms with Crippen molar-refractivity contribution in [2.75, 3.05) is 7.11 Å². The van der Waals surface area contributed by atoms with Crippen LogP contribution in [0.2, 0.25) is 18.1 Å². The van der Waals surface area contributed by atoms with E-state index in [2.05, 4.69) is 50.6 Å². The Bertz CT molecular complexity index is 683. The molecule has 26 heavy (non-hydrogen) atoms. The van der Waals surface area contributed by atoms with Gasteiger partial charge in [0.1, 0.15) is 14.1 Å². The lowest BCUT2D eigenvalue weighted by atomic mass is 10.1. The first-order chi connectivity index (χ1) is 12.0. The molecule has 142 valence electrons. The summed E-state index contributed by atoms with van der Waals surface area (Å²) in [7, 11) is -0.398. The monoisotopic (exact) mass is 375 g/mol. The third-order valence-electron chi connectivity index (χ3n) is 4.77. The number of benzene rings is 1. The van der Waals surface area contributed by atoms with Crippen molar-refractivity contribution in [1.29, 1.82) is 0 Å². The first kappa shape index (κ1) is 21.9. The van der Waals surface area contributed by atoms with Crippen LogP contribution in [0.1, 0.15) is 38.9 Å². The van der Waals surface area contributed by atoms with Gasteiger partial charge in [0, 0.05) is 13.5 Å². The first-order valence-corrected chi connectivity index (χ1v) is 11.6. The number of ether oxygens (including phenoxy) is 1. The number of carbonyl (C=O) groups is 2. The van der Waals surface area contributed by atoms with E-state index in [4.69, 9.17) is 4.74 Å². The number of rotatable bonds is 6. The van der Waals surface area contributed by atoms with Crippen LogP contribution in [0, 0.1) is 11.5 Å². The largest absolute Gasteiger partial charge is 0.480 e. The Kier molecular flexibility index (Phi) is 7.61. The zero-order valence-electron chi connectivity index (χ0n) is 16.4. The minimum Gasteiger partial charge on any atom is -0.480 e. The average molecular weight is 376 g/mol. The quantitative estimate of drug-likeness (QED) is 0.590. The van der Waals surface area contributed by atoms with Crippen molar-refractivity contribution in [3.8, 4) is 11.5 Å². The first-order valence-electron chi connectivity index (χ1n) is 8.60. The third kappa shape index (κ3) is 6.01. The highest BCUT2D eigenvalue weighted by atomic mass is 28.3. The summed E-state index contributed by atoms with van der Waals surface area (Å²) in [6.07, 6.45) is -0.787. The van der Waals surface area contributed by atoms with Crippen LogP contribution in [-0.4, -0.2) is 38.2 Å². The second-order valence-electron chi connectivity index (χ2n) is 7.81. The average Bonchev–Trinajstić information content (AvgIpc) is 2.54. The van der Waals surface area contributed by atoms with Crippen LogP contribution in [0.5, 0.6) is 0 Å². The Hall–Kier alpha value is -2.10. The van der Waals surface area contributed by atoms with Gasteiger partial charge >= 0.3 is 5.97 Å². The second kappa shape index (κ2) is 9.02. The molecule has 0 unspecified atom stereocenters. The van der Waals surface area contributed by atoms with Gasteiger partial charge in [-0.15, -0.1) is 11.5 Å². The summed E-state index contributed by atoms with van der Waals surface area (Å²) in [5, 5.41) is 12.1. The molecule has 0 radical (unpaired) electrons. The lowest BCUT2D eigenvalue weighted by Gasteiger charge is -2.31. The summed E-state index contributed by atoms with van der Waals surface area (Å²) >= 11 is 0. The van der Waals surface area contributed by atoms with Crippen molar-refractivity contribution >= 4 is 20.0 Å². The molecule has 6 heteroatoms. The highest BCUT2D eigenvalue weighted by Gasteiger charge is 2.33. The van der Waals surface area contributed by atoms with Crippen LogP contribution in [0.4, 0.5) is 0 Å². The number of nitrogens with one attached hydrogen (secondary N) is 1. The fraction of sp³-hybridized carbons (Fsp3) is 0.500. The molecule has 2 N–H and O–H groups in total. The molecule has 0 fully saturated rings. The van der Waals surface area contributed by atoms with Crippen molar-refractivity contribution in [1.82, 2.24) is 5.32 Å². The Balaban J connectivity index is 2.86. The summed E-state index contributed by atoms with van der Waals surface area (Å²) in [6.45, 7) is 10.8. The van der Waals surface area contributed by atoms with E-state index in [1.807, 2.05) is 6.07 Å². The van der Waals surface area contributed by atoms with Gasteiger partial charge in [0.05, 0.1) is 0 Å². The molecule has 5 nitrogen and oxygen atoms in total. The van der Waals surface area contributed by atoms with Gasteiger partial charge in [-0.1, -0.05) is 64.2 Å². The maximum absolute atomic E-state index is 12.5. The van der Waals surface area contributed by atoms with Gasteiger partial charge in [-0.05, 0) is 10.6 Å². The van der Waals surface area contributed by atoms with Crippen molar-refractivity contribution in [3.05, 3.63) is 35.9 Å². The van der Waals surface area contributed by atoms with Gasteiger partial charge in [-0.3, -0.25) is 4.79 Å². The third-order valence-corrected chi connectivity index (χ3v) is 9.32. The van der Waals surface area contributed by atoms with Crippen LogP contribution in [0.25, 0.3) is 0 Å². The summed E-state index contributed by atoms with van der Waals surface area (Å²) in [5.41, 5.74) is 3.95. The SMILES string of the molecule is CO[C@H](C(=O)N[C@H](CC#C[Si](C)(C)C(C)(C)C)C(=O)O)c1ccccc1. The summed E-state index contributed by atoms with van der Waals surface area (Å²) in [4.78, 5) is 24.0. The molecule has 0 aromatic heterocycles. The van der Waals surface area contributed by atoms with Gasteiger partial charge in [0.25, 0.3) is 5.91 Å². The molecule has 0 saturated carbocycles. The van der Waals surface area contributed by atoms with Crippen molar-refractivity contribution in [3.63, 3.8) is 0 Å². The van der Waals surface area contributed by atoms with E-state index in [0.717, 1.165) is 0 Å². The van der Waals surface area contributed by atoms with Crippen LogP contribution >= 0.6 is 0 Å². The Morgan fingerprint density at radius 2 is 1.81 bits per heavy atom. The normalized spacial score (nSPS) is 13.9. The molecule has 0 bridgehead atoms. The molecule has 0 aliphatic rings. The lowest BCUT2D eigenvalue weighted by Crippen LogP contribution is -2.43. The zero-order valence-corrected chi connectivity index (χ0v) is 17.4. The van der Waals surface area contributed by atoms with E-state index >= 15 is 0 Å². The fourth-order valence-corrected chi connectivity index (χ4v) is 2.95. The fourth-order valence-electron chi connectivity index (χ4n) is 2.03.